The Hall–Kier alpha value is -0.770. The smallest absolute Gasteiger partial charge is 0.317 e. The number of ether oxygens (including phenoxy) is 1. The Kier molecular flexibility index (Phi) is 2.68. The van der Waals surface area contributed by atoms with E-state index in [-0.39, 0.29) is 6.03 Å². The maximum atomic E-state index is 11.5. The minimum Gasteiger partial charge on any atom is -0.381 e. The molecule has 0 aliphatic carbocycles. The minimum atomic E-state index is 0.109. The number of urea groups is 1. The van der Waals surface area contributed by atoms with Crippen molar-refractivity contribution in [1.29, 1.82) is 0 Å². The van der Waals surface area contributed by atoms with Crippen LogP contribution in [0.25, 0.3) is 0 Å². The number of rotatable bonds is 1. The molecule has 0 radical (unpaired) electrons. The highest BCUT2D eigenvalue weighted by molar-refractivity contribution is 5.75. The van der Waals surface area contributed by atoms with Crippen LogP contribution in [0.3, 0.4) is 0 Å². The Bertz CT molecular complexity index is 190. The molecule has 1 N–H and O–H groups in total. The van der Waals surface area contributed by atoms with E-state index in [0.717, 1.165) is 45.6 Å². The molecule has 74 valence electrons. The van der Waals surface area contributed by atoms with E-state index in [2.05, 4.69) is 5.32 Å². The molecule has 2 fully saturated rings. The molecule has 4 heteroatoms. The molecule has 0 aromatic rings. The van der Waals surface area contributed by atoms with Crippen molar-refractivity contribution in [1.82, 2.24) is 10.2 Å². The lowest BCUT2D eigenvalue weighted by Gasteiger charge is -2.36. The van der Waals surface area contributed by atoms with E-state index in [9.17, 15) is 4.79 Å². The lowest BCUT2D eigenvalue weighted by Crippen LogP contribution is -2.52. The van der Waals surface area contributed by atoms with Crippen LogP contribution in [0.5, 0.6) is 0 Å². The highest BCUT2D eigenvalue weighted by atomic mass is 16.5. The average Bonchev–Trinajstić information content (AvgIpc) is 2.20. The van der Waals surface area contributed by atoms with Crippen LogP contribution in [0.4, 0.5) is 4.79 Å². The fourth-order valence-corrected chi connectivity index (χ4v) is 1.99. The molecule has 2 heterocycles. The van der Waals surface area contributed by atoms with E-state index in [1.807, 2.05) is 4.90 Å². The van der Waals surface area contributed by atoms with Gasteiger partial charge < -0.3 is 15.0 Å². The number of hydrogen-bond donors (Lipinski definition) is 1. The van der Waals surface area contributed by atoms with Gasteiger partial charge in [-0.3, -0.25) is 0 Å². The van der Waals surface area contributed by atoms with E-state index >= 15 is 0 Å². The largest absolute Gasteiger partial charge is 0.381 e. The second-order valence-corrected chi connectivity index (χ2v) is 3.62. The van der Waals surface area contributed by atoms with Crippen LogP contribution in [-0.4, -0.2) is 43.3 Å². The molecule has 0 aromatic carbocycles. The van der Waals surface area contributed by atoms with Gasteiger partial charge in [0.1, 0.15) is 0 Å². The molecule has 0 spiro atoms. The summed E-state index contributed by atoms with van der Waals surface area (Å²) in [5.41, 5.74) is 0. The van der Waals surface area contributed by atoms with Gasteiger partial charge in [0.25, 0.3) is 0 Å². The summed E-state index contributed by atoms with van der Waals surface area (Å²) < 4.78 is 5.27. The third-order valence-electron chi connectivity index (χ3n) is 2.74. The Morgan fingerprint density at radius 2 is 2.15 bits per heavy atom. The van der Waals surface area contributed by atoms with Gasteiger partial charge in [-0.15, -0.1) is 0 Å². The van der Waals surface area contributed by atoms with Gasteiger partial charge in [0.2, 0.25) is 0 Å². The second kappa shape index (κ2) is 3.96. The zero-order valence-corrected chi connectivity index (χ0v) is 7.79. The summed E-state index contributed by atoms with van der Waals surface area (Å²) in [5.74, 6) is 0. The standard InChI is InChI=1S/C9H16N2O2/c12-9-10-4-1-5-11(9)8-2-6-13-7-3-8/h8H,1-7H2,(H,10,12). The van der Waals surface area contributed by atoms with E-state index < -0.39 is 0 Å². The summed E-state index contributed by atoms with van der Waals surface area (Å²) in [7, 11) is 0. The summed E-state index contributed by atoms with van der Waals surface area (Å²) in [6, 6.07) is 0.521. The molecule has 0 saturated carbocycles. The molecule has 2 rings (SSSR count). The predicted molar refractivity (Wildman–Crippen MR) is 48.6 cm³/mol. The van der Waals surface area contributed by atoms with E-state index in [4.69, 9.17) is 4.74 Å². The molecule has 2 saturated heterocycles. The minimum absolute atomic E-state index is 0.109. The topological polar surface area (TPSA) is 41.6 Å². The first kappa shape index (κ1) is 8.81. The molecule has 2 amide bonds. The average molecular weight is 184 g/mol. The predicted octanol–water partition coefficient (Wildman–Crippen LogP) is 0.581. The molecular formula is C9H16N2O2. The van der Waals surface area contributed by atoms with Crippen molar-refractivity contribution in [3.63, 3.8) is 0 Å². The fraction of sp³-hybridized carbons (Fsp3) is 0.889. The SMILES string of the molecule is O=C1NCCCN1C1CCOCC1. The van der Waals surface area contributed by atoms with Crippen LogP contribution >= 0.6 is 0 Å². The van der Waals surface area contributed by atoms with Crippen LogP contribution in [0.15, 0.2) is 0 Å². The van der Waals surface area contributed by atoms with Gasteiger partial charge in [-0.05, 0) is 19.3 Å². The molecule has 0 unspecified atom stereocenters. The summed E-state index contributed by atoms with van der Waals surface area (Å²) in [6.07, 6.45) is 3.06. The summed E-state index contributed by atoms with van der Waals surface area (Å²) in [5, 5.41) is 2.88. The molecule has 0 atom stereocenters. The number of carbonyl (C=O) groups excluding carboxylic acids is 1. The number of amides is 2. The fourth-order valence-electron chi connectivity index (χ4n) is 1.99. The number of nitrogens with zero attached hydrogens (tertiary/aromatic N) is 1. The van der Waals surface area contributed by atoms with Crippen molar-refractivity contribution in [3.05, 3.63) is 0 Å². The van der Waals surface area contributed by atoms with Crippen molar-refractivity contribution >= 4 is 6.03 Å². The summed E-state index contributed by atoms with van der Waals surface area (Å²) in [6.45, 7) is 3.35. The molecule has 0 aromatic heterocycles. The Labute approximate surface area is 78.2 Å². The van der Waals surface area contributed by atoms with Crippen LogP contribution < -0.4 is 5.32 Å². The van der Waals surface area contributed by atoms with E-state index in [0.29, 0.717) is 6.04 Å². The molecule has 2 aliphatic heterocycles. The quantitative estimate of drug-likeness (QED) is 0.647. The Balaban J connectivity index is 1.92. The molecule has 2 aliphatic rings. The van der Waals surface area contributed by atoms with Crippen LogP contribution in [0, 0.1) is 0 Å². The van der Waals surface area contributed by atoms with Gasteiger partial charge in [-0.25, -0.2) is 4.79 Å². The zero-order chi connectivity index (χ0) is 9.10. The molecule has 13 heavy (non-hydrogen) atoms. The van der Waals surface area contributed by atoms with Crippen molar-refractivity contribution in [2.45, 2.75) is 25.3 Å². The van der Waals surface area contributed by atoms with Gasteiger partial charge in [0.05, 0.1) is 0 Å². The van der Waals surface area contributed by atoms with Gasteiger partial charge in [-0.2, -0.15) is 0 Å². The van der Waals surface area contributed by atoms with Crippen molar-refractivity contribution in [2.75, 3.05) is 26.3 Å². The summed E-state index contributed by atoms with van der Waals surface area (Å²) in [4.78, 5) is 13.4. The van der Waals surface area contributed by atoms with Crippen LogP contribution in [0.2, 0.25) is 0 Å². The highest BCUT2D eigenvalue weighted by Crippen LogP contribution is 2.16. The first-order valence-corrected chi connectivity index (χ1v) is 5.00. The second-order valence-electron chi connectivity index (χ2n) is 3.62. The highest BCUT2D eigenvalue weighted by Gasteiger charge is 2.27. The molecular weight excluding hydrogens is 168 g/mol. The van der Waals surface area contributed by atoms with Crippen molar-refractivity contribution < 1.29 is 9.53 Å². The lowest BCUT2D eigenvalue weighted by molar-refractivity contribution is 0.0426. The third kappa shape index (κ3) is 1.94. The first-order valence-electron chi connectivity index (χ1n) is 5.00. The number of carbonyl (C=O) groups is 1. The lowest BCUT2D eigenvalue weighted by atomic mass is 10.1. The summed E-state index contributed by atoms with van der Waals surface area (Å²) >= 11 is 0. The van der Waals surface area contributed by atoms with Crippen molar-refractivity contribution in [3.8, 4) is 0 Å². The zero-order valence-electron chi connectivity index (χ0n) is 7.79. The van der Waals surface area contributed by atoms with Crippen molar-refractivity contribution in [2.24, 2.45) is 0 Å². The van der Waals surface area contributed by atoms with Crippen LogP contribution in [-0.2, 0) is 4.74 Å². The Morgan fingerprint density at radius 1 is 1.38 bits per heavy atom. The first-order chi connectivity index (χ1) is 6.38. The molecule has 4 nitrogen and oxygen atoms in total. The third-order valence-corrected chi connectivity index (χ3v) is 2.74. The van der Waals surface area contributed by atoms with E-state index in [1.165, 1.54) is 0 Å². The maximum absolute atomic E-state index is 11.5. The number of nitrogens with one attached hydrogen (secondary N) is 1. The van der Waals surface area contributed by atoms with Gasteiger partial charge in [-0.1, -0.05) is 0 Å². The van der Waals surface area contributed by atoms with Gasteiger partial charge in [0.15, 0.2) is 0 Å². The molecule has 0 bridgehead atoms. The monoisotopic (exact) mass is 184 g/mol. The Morgan fingerprint density at radius 3 is 2.85 bits per heavy atom. The normalized spacial score (nSPS) is 25.8. The van der Waals surface area contributed by atoms with Gasteiger partial charge in [0, 0.05) is 32.3 Å². The van der Waals surface area contributed by atoms with Gasteiger partial charge >= 0.3 is 6.03 Å². The maximum Gasteiger partial charge on any atom is 0.317 e. The number of hydrogen-bond acceptors (Lipinski definition) is 2. The van der Waals surface area contributed by atoms with E-state index in [1.54, 1.807) is 0 Å². The van der Waals surface area contributed by atoms with Crippen LogP contribution in [0.1, 0.15) is 19.3 Å².